The van der Waals surface area contributed by atoms with Crippen LogP contribution in [0.5, 0.6) is 5.75 Å². The van der Waals surface area contributed by atoms with Crippen LogP contribution in [0.4, 0.5) is 4.39 Å². The van der Waals surface area contributed by atoms with Crippen molar-refractivity contribution >= 4 is 0 Å². The van der Waals surface area contributed by atoms with E-state index in [9.17, 15) is 9.50 Å². The molecule has 13 heavy (non-hydrogen) atoms. The zero-order valence-corrected chi connectivity index (χ0v) is 7.20. The molecule has 0 radical (unpaired) electrons. The Morgan fingerprint density at radius 2 is 2.31 bits per heavy atom. The van der Waals surface area contributed by atoms with Crippen molar-refractivity contribution in [3.05, 3.63) is 42.2 Å². The van der Waals surface area contributed by atoms with Crippen LogP contribution in [0.15, 0.2) is 30.9 Å². The Hall–Kier alpha value is -1.35. The number of phenolic OH excluding ortho intramolecular Hbond substituents is 1. The van der Waals surface area contributed by atoms with Gasteiger partial charge in [0.2, 0.25) is 0 Å². The molecule has 1 aromatic carbocycles. The molecule has 1 rings (SSSR count). The van der Waals surface area contributed by atoms with Gasteiger partial charge < -0.3 is 10.8 Å². The molecule has 3 N–H and O–H groups in total. The summed E-state index contributed by atoms with van der Waals surface area (Å²) < 4.78 is 13.1. The Morgan fingerprint density at radius 1 is 1.62 bits per heavy atom. The maximum atomic E-state index is 13.1. The maximum absolute atomic E-state index is 13.1. The van der Waals surface area contributed by atoms with E-state index >= 15 is 0 Å². The van der Waals surface area contributed by atoms with Crippen molar-refractivity contribution < 1.29 is 9.50 Å². The van der Waals surface area contributed by atoms with E-state index in [0.717, 1.165) is 0 Å². The molecule has 0 unspecified atom stereocenters. The van der Waals surface area contributed by atoms with E-state index in [0.29, 0.717) is 6.42 Å². The van der Waals surface area contributed by atoms with Gasteiger partial charge in [0.05, 0.1) is 0 Å². The van der Waals surface area contributed by atoms with Gasteiger partial charge in [-0.25, -0.2) is 4.39 Å². The highest BCUT2D eigenvalue weighted by Gasteiger charge is 2.13. The predicted octanol–water partition coefficient (Wildman–Crippen LogP) is 2.11. The summed E-state index contributed by atoms with van der Waals surface area (Å²) in [6.07, 6.45) is 2.03. The van der Waals surface area contributed by atoms with Crippen LogP contribution in [-0.4, -0.2) is 5.11 Å². The first-order valence-electron chi connectivity index (χ1n) is 4.00. The third-order valence-electron chi connectivity index (χ3n) is 1.82. The summed E-state index contributed by atoms with van der Waals surface area (Å²) in [4.78, 5) is 0. The Balaban J connectivity index is 3.04. The topological polar surface area (TPSA) is 46.2 Å². The molecule has 3 heteroatoms. The lowest BCUT2D eigenvalue weighted by molar-refractivity contribution is 0.449. The van der Waals surface area contributed by atoms with Gasteiger partial charge >= 0.3 is 0 Å². The first kappa shape index (κ1) is 9.74. The van der Waals surface area contributed by atoms with Gasteiger partial charge in [-0.1, -0.05) is 12.1 Å². The summed E-state index contributed by atoms with van der Waals surface area (Å²) >= 11 is 0. The summed E-state index contributed by atoms with van der Waals surface area (Å²) in [5, 5.41) is 9.33. The zero-order chi connectivity index (χ0) is 9.84. The quantitative estimate of drug-likeness (QED) is 0.701. The molecule has 0 saturated carbocycles. The van der Waals surface area contributed by atoms with Crippen molar-refractivity contribution in [3.63, 3.8) is 0 Å². The van der Waals surface area contributed by atoms with Crippen molar-refractivity contribution in [3.8, 4) is 5.75 Å². The third-order valence-corrected chi connectivity index (χ3v) is 1.82. The van der Waals surface area contributed by atoms with E-state index in [1.54, 1.807) is 6.08 Å². The largest absolute Gasteiger partial charge is 0.508 e. The zero-order valence-electron chi connectivity index (χ0n) is 7.20. The van der Waals surface area contributed by atoms with Crippen molar-refractivity contribution in [1.82, 2.24) is 0 Å². The fraction of sp³-hybridized carbons (Fsp3) is 0.200. The first-order chi connectivity index (χ1) is 6.16. The van der Waals surface area contributed by atoms with Crippen LogP contribution in [-0.2, 0) is 0 Å². The van der Waals surface area contributed by atoms with Crippen LogP contribution in [0.3, 0.4) is 0 Å². The highest BCUT2D eigenvalue weighted by Crippen LogP contribution is 2.27. The molecule has 0 amide bonds. The fourth-order valence-electron chi connectivity index (χ4n) is 1.19. The number of benzene rings is 1. The maximum Gasteiger partial charge on any atom is 0.131 e. The molecule has 0 aromatic heterocycles. The smallest absolute Gasteiger partial charge is 0.131 e. The van der Waals surface area contributed by atoms with Gasteiger partial charge in [-0.3, -0.25) is 0 Å². The molecule has 0 saturated heterocycles. The number of aromatic hydroxyl groups is 1. The first-order valence-corrected chi connectivity index (χ1v) is 4.00. The minimum atomic E-state index is -0.529. The molecular weight excluding hydrogens is 169 g/mol. The predicted molar refractivity (Wildman–Crippen MR) is 49.8 cm³/mol. The number of nitrogens with two attached hydrogens (primary N) is 1. The van der Waals surface area contributed by atoms with Crippen LogP contribution in [0.2, 0.25) is 0 Å². The van der Waals surface area contributed by atoms with E-state index in [-0.39, 0.29) is 11.3 Å². The summed E-state index contributed by atoms with van der Waals surface area (Å²) in [6, 6.07) is 3.60. The van der Waals surface area contributed by atoms with E-state index in [1.165, 1.54) is 18.2 Å². The SMILES string of the molecule is C=CC[C@H](N)c1c(O)cccc1F. The van der Waals surface area contributed by atoms with E-state index in [4.69, 9.17) is 5.73 Å². The Bertz CT molecular complexity index is 292. The molecule has 0 aliphatic rings. The number of hydrogen-bond donors (Lipinski definition) is 2. The molecule has 0 heterocycles. The second-order valence-corrected chi connectivity index (χ2v) is 2.80. The summed E-state index contributed by atoms with van der Waals surface area (Å²) in [5.74, 6) is -0.580. The summed E-state index contributed by atoms with van der Waals surface area (Å²) in [7, 11) is 0. The van der Waals surface area contributed by atoms with Crippen LogP contribution in [0.25, 0.3) is 0 Å². The number of halogens is 1. The molecule has 0 fully saturated rings. The number of hydrogen-bond acceptors (Lipinski definition) is 2. The van der Waals surface area contributed by atoms with Crippen LogP contribution >= 0.6 is 0 Å². The molecule has 2 nitrogen and oxygen atoms in total. The lowest BCUT2D eigenvalue weighted by Crippen LogP contribution is -2.11. The van der Waals surface area contributed by atoms with Crippen LogP contribution in [0, 0.1) is 5.82 Å². The van der Waals surface area contributed by atoms with Gasteiger partial charge in [0.1, 0.15) is 11.6 Å². The highest BCUT2D eigenvalue weighted by molar-refractivity contribution is 5.35. The Kier molecular flexibility index (Phi) is 3.03. The molecule has 1 aromatic rings. The molecule has 1 atom stereocenters. The Labute approximate surface area is 76.5 Å². The molecule has 0 aliphatic carbocycles. The minimum absolute atomic E-state index is 0.102. The molecule has 0 bridgehead atoms. The van der Waals surface area contributed by atoms with Gasteiger partial charge in [-0.2, -0.15) is 0 Å². The molecule has 0 aliphatic heterocycles. The normalized spacial score (nSPS) is 12.5. The number of rotatable bonds is 3. The summed E-state index contributed by atoms with van der Waals surface area (Å²) in [5.41, 5.74) is 5.79. The number of phenols is 1. The van der Waals surface area contributed by atoms with Gasteiger partial charge in [-0.15, -0.1) is 6.58 Å². The monoisotopic (exact) mass is 181 g/mol. The van der Waals surface area contributed by atoms with Crippen molar-refractivity contribution in [2.24, 2.45) is 5.73 Å². The Morgan fingerprint density at radius 3 is 2.85 bits per heavy atom. The molecule has 0 spiro atoms. The summed E-state index contributed by atoms with van der Waals surface area (Å²) in [6.45, 7) is 3.50. The third kappa shape index (κ3) is 2.06. The van der Waals surface area contributed by atoms with E-state index < -0.39 is 11.9 Å². The van der Waals surface area contributed by atoms with Gasteiger partial charge in [-0.05, 0) is 18.6 Å². The van der Waals surface area contributed by atoms with Crippen LogP contribution in [0.1, 0.15) is 18.0 Å². The van der Waals surface area contributed by atoms with Gasteiger partial charge in [0.25, 0.3) is 0 Å². The van der Waals surface area contributed by atoms with E-state index in [1.807, 2.05) is 0 Å². The van der Waals surface area contributed by atoms with Crippen molar-refractivity contribution in [2.75, 3.05) is 0 Å². The fourth-order valence-corrected chi connectivity index (χ4v) is 1.19. The van der Waals surface area contributed by atoms with Gasteiger partial charge in [0, 0.05) is 11.6 Å². The minimum Gasteiger partial charge on any atom is -0.508 e. The average Bonchev–Trinajstić information content (AvgIpc) is 2.04. The lowest BCUT2D eigenvalue weighted by Gasteiger charge is -2.11. The van der Waals surface area contributed by atoms with Crippen molar-refractivity contribution in [2.45, 2.75) is 12.5 Å². The lowest BCUT2D eigenvalue weighted by atomic mass is 10.0. The van der Waals surface area contributed by atoms with E-state index in [2.05, 4.69) is 6.58 Å². The van der Waals surface area contributed by atoms with Crippen molar-refractivity contribution in [1.29, 1.82) is 0 Å². The second-order valence-electron chi connectivity index (χ2n) is 2.80. The van der Waals surface area contributed by atoms with Gasteiger partial charge in [0.15, 0.2) is 0 Å². The highest BCUT2D eigenvalue weighted by atomic mass is 19.1. The standard InChI is InChI=1S/C10H12FNO/c1-2-4-8(12)10-7(11)5-3-6-9(10)13/h2-3,5-6,8,13H,1,4,12H2/t8-/m0/s1. The molecular formula is C10H12FNO. The second kappa shape index (κ2) is 4.05. The van der Waals surface area contributed by atoms with Crippen LogP contribution < -0.4 is 5.73 Å². The average molecular weight is 181 g/mol. The molecule has 70 valence electrons.